The molecule has 0 saturated carbocycles. The Balaban J connectivity index is 1.64. The first kappa shape index (κ1) is 31.4. The molecule has 230 valence electrons. The lowest BCUT2D eigenvalue weighted by Gasteiger charge is -2.30. The summed E-state index contributed by atoms with van der Waals surface area (Å²) in [4.78, 5) is 30.7. The van der Waals surface area contributed by atoms with E-state index in [1.54, 1.807) is 14.2 Å². The molecule has 0 radical (unpaired) electrons. The summed E-state index contributed by atoms with van der Waals surface area (Å²) in [6, 6.07) is 11.1. The molecule has 1 amide bonds. The van der Waals surface area contributed by atoms with Crippen molar-refractivity contribution in [3.05, 3.63) is 47.5 Å². The van der Waals surface area contributed by atoms with Gasteiger partial charge in [0.1, 0.15) is 5.75 Å². The lowest BCUT2D eigenvalue weighted by atomic mass is 9.83. The van der Waals surface area contributed by atoms with Crippen LogP contribution in [0.3, 0.4) is 0 Å². The molecular weight excluding hydrogens is 538 g/mol. The Morgan fingerprint density at radius 2 is 1.83 bits per heavy atom. The number of nitrogens with zero attached hydrogens (tertiary/aromatic N) is 2. The van der Waals surface area contributed by atoms with Gasteiger partial charge in [0, 0.05) is 31.6 Å². The third kappa shape index (κ3) is 7.28. The number of hydrogen-bond acceptors (Lipinski definition) is 8. The topological polar surface area (TPSA) is 124 Å². The number of carboxylic acid groups (broad SMARTS) is 1. The van der Waals surface area contributed by atoms with Crippen LogP contribution in [0.1, 0.15) is 56.1 Å². The highest BCUT2D eigenvalue weighted by Gasteiger charge is 2.47. The van der Waals surface area contributed by atoms with Gasteiger partial charge in [0.2, 0.25) is 18.4 Å². The molecule has 2 aliphatic rings. The number of ether oxygens (including phenoxy) is 4. The number of nitrogens with two attached hydrogens (primary N) is 1. The molecule has 2 heterocycles. The lowest BCUT2D eigenvalue weighted by molar-refractivity contribution is -0.143. The molecule has 2 aliphatic heterocycles. The molecule has 42 heavy (non-hydrogen) atoms. The fourth-order valence-electron chi connectivity index (χ4n) is 6.20. The zero-order valence-electron chi connectivity index (χ0n) is 25.0. The largest absolute Gasteiger partial charge is 0.496 e. The summed E-state index contributed by atoms with van der Waals surface area (Å²) in [5.74, 6) is 0.372. The molecule has 3 N–H and O–H groups in total. The maximum absolute atomic E-state index is 13.7. The SMILES string of the molecule is CCCCN(CCCCN)C(=O)CN1C[C@H](c2cc(OC)c3c(c2)OCO3)C(C(=O)O)[C@@H]1CCc1ccccc1OC. The second-order valence-electron chi connectivity index (χ2n) is 11.0. The van der Waals surface area contributed by atoms with Gasteiger partial charge in [-0.05, 0) is 68.0 Å². The predicted molar refractivity (Wildman–Crippen MR) is 159 cm³/mol. The van der Waals surface area contributed by atoms with Crippen LogP contribution in [-0.4, -0.2) is 86.6 Å². The van der Waals surface area contributed by atoms with Crippen LogP contribution in [0.4, 0.5) is 0 Å². The van der Waals surface area contributed by atoms with Crippen molar-refractivity contribution in [3.63, 3.8) is 0 Å². The summed E-state index contributed by atoms with van der Waals surface area (Å²) >= 11 is 0. The van der Waals surface area contributed by atoms with Crippen molar-refractivity contribution in [2.24, 2.45) is 11.7 Å². The Bertz CT molecular complexity index is 1210. The van der Waals surface area contributed by atoms with Crippen LogP contribution in [0, 0.1) is 5.92 Å². The molecule has 1 saturated heterocycles. The first-order chi connectivity index (χ1) is 20.4. The van der Waals surface area contributed by atoms with E-state index in [1.165, 1.54) is 0 Å². The summed E-state index contributed by atoms with van der Waals surface area (Å²) in [6.45, 7) is 4.71. The number of amides is 1. The van der Waals surface area contributed by atoms with Crippen LogP contribution in [0.15, 0.2) is 36.4 Å². The van der Waals surface area contributed by atoms with Gasteiger partial charge in [-0.2, -0.15) is 0 Å². The minimum atomic E-state index is -0.887. The second kappa shape index (κ2) is 15.1. The molecule has 2 aromatic carbocycles. The highest BCUT2D eigenvalue weighted by molar-refractivity contribution is 5.79. The third-order valence-electron chi connectivity index (χ3n) is 8.40. The van der Waals surface area contributed by atoms with Gasteiger partial charge in [0.15, 0.2) is 11.5 Å². The first-order valence-electron chi connectivity index (χ1n) is 15.0. The highest BCUT2D eigenvalue weighted by atomic mass is 16.7. The summed E-state index contributed by atoms with van der Waals surface area (Å²) < 4.78 is 22.4. The van der Waals surface area contributed by atoms with Crippen molar-refractivity contribution in [1.29, 1.82) is 0 Å². The molecule has 10 nitrogen and oxygen atoms in total. The van der Waals surface area contributed by atoms with Crippen LogP contribution < -0.4 is 24.7 Å². The summed E-state index contributed by atoms with van der Waals surface area (Å²) in [5, 5.41) is 10.6. The quantitative estimate of drug-likeness (QED) is 0.283. The van der Waals surface area contributed by atoms with E-state index in [1.807, 2.05) is 41.3 Å². The number of benzene rings is 2. The Hall–Kier alpha value is -3.50. The zero-order chi connectivity index (χ0) is 30.1. The van der Waals surface area contributed by atoms with Crippen molar-refractivity contribution < 1.29 is 33.6 Å². The van der Waals surface area contributed by atoms with E-state index < -0.39 is 11.9 Å². The highest BCUT2D eigenvalue weighted by Crippen LogP contribution is 2.47. The van der Waals surface area contributed by atoms with Gasteiger partial charge >= 0.3 is 5.97 Å². The van der Waals surface area contributed by atoms with Crippen molar-refractivity contribution >= 4 is 11.9 Å². The van der Waals surface area contributed by atoms with E-state index in [-0.39, 0.29) is 31.2 Å². The van der Waals surface area contributed by atoms with Crippen LogP contribution in [0.5, 0.6) is 23.0 Å². The van der Waals surface area contributed by atoms with Gasteiger partial charge in [0.05, 0.1) is 26.7 Å². The third-order valence-corrected chi connectivity index (χ3v) is 8.40. The summed E-state index contributed by atoms with van der Waals surface area (Å²) in [6.07, 6.45) is 4.79. The number of rotatable bonds is 16. The van der Waals surface area contributed by atoms with Gasteiger partial charge in [-0.15, -0.1) is 0 Å². The number of likely N-dealkylation sites (tertiary alicyclic amines) is 1. The number of carboxylic acids is 1. The standard InChI is InChI=1S/C32H45N3O7/c1-4-5-15-34(16-9-8-14-33)29(36)20-35-19-24(23-17-27(40-3)31-28(18-23)41-21-42-31)30(32(37)38)25(35)13-12-22-10-6-7-11-26(22)39-2/h6-7,10-11,17-18,24-25,30H,4-5,8-9,12-16,19-21,33H2,1-3H3,(H,37,38)/t24-,25+,30?/m1/s1. The van der Waals surface area contributed by atoms with Crippen LogP contribution in [0.25, 0.3) is 0 Å². The Labute approximate surface area is 248 Å². The Morgan fingerprint density at radius 1 is 1.07 bits per heavy atom. The van der Waals surface area contributed by atoms with Crippen LogP contribution >= 0.6 is 0 Å². The number of aliphatic carboxylic acids is 1. The fraction of sp³-hybridized carbons (Fsp3) is 0.562. The van der Waals surface area contributed by atoms with E-state index in [9.17, 15) is 14.7 Å². The van der Waals surface area contributed by atoms with Gasteiger partial charge in [-0.25, -0.2) is 0 Å². The van der Waals surface area contributed by atoms with Crippen molar-refractivity contribution in [2.75, 3.05) is 53.7 Å². The number of unbranched alkanes of at least 4 members (excludes halogenated alkanes) is 2. The van der Waals surface area contributed by atoms with E-state index >= 15 is 0 Å². The molecule has 0 spiro atoms. The first-order valence-corrected chi connectivity index (χ1v) is 15.0. The number of fused-ring (bicyclic) bond motifs is 1. The van der Waals surface area contributed by atoms with Gasteiger partial charge < -0.3 is 34.7 Å². The monoisotopic (exact) mass is 583 g/mol. The maximum Gasteiger partial charge on any atom is 0.308 e. The minimum absolute atomic E-state index is 0.0239. The molecule has 0 aliphatic carbocycles. The molecule has 1 unspecified atom stereocenters. The van der Waals surface area contributed by atoms with Gasteiger partial charge in [-0.1, -0.05) is 31.5 Å². The maximum atomic E-state index is 13.7. The van der Waals surface area contributed by atoms with E-state index in [2.05, 4.69) is 11.8 Å². The minimum Gasteiger partial charge on any atom is -0.496 e. The van der Waals surface area contributed by atoms with E-state index in [0.29, 0.717) is 56.3 Å². The van der Waals surface area contributed by atoms with Crippen LogP contribution in [0.2, 0.25) is 0 Å². The summed E-state index contributed by atoms with van der Waals surface area (Å²) in [5.41, 5.74) is 7.52. The molecular formula is C32H45N3O7. The number of hydrogen-bond donors (Lipinski definition) is 2. The second-order valence-corrected chi connectivity index (χ2v) is 11.0. The number of carbonyl (C=O) groups excluding carboxylic acids is 1. The zero-order valence-corrected chi connectivity index (χ0v) is 25.0. The van der Waals surface area contributed by atoms with Crippen molar-refractivity contribution in [2.45, 2.75) is 57.4 Å². The molecule has 0 bridgehead atoms. The number of para-hydroxylation sites is 1. The molecule has 10 heteroatoms. The Morgan fingerprint density at radius 3 is 2.55 bits per heavy atom. The predicted octanol–water partition coefficient (Wildman–Crippen LogP) is 3.90. The van der Waals surface area contributed by atoms with Crippen molar-refractivity contribution in [3.8, 4) is 23.0 Å². The van der Waals surface area contributed by atoms with Gasteiger partial charge in [-0.3, -0.25) is 14.5 Å². The number of carbonyl (C=O) groups is 2. The van der Waals surface area contributed by atoms with E-state index in [4.69, 9.17) is 24.7 Å². The molecule has 4 rings (SSSR count). The fourth-order valence-corrected chi connectivity index (χ4v) is 6.20. The smallest absolute Gasteiger partial charge is 0.308 e. The average Bonchev–Trinajstić information content (AvgIpc) is 3.62. The van der Waals surface area contributed by atoms with E-state index in [0.717, 1.165) is 42.6 Å². The molecule has 3 atom stereocenters. The van der Waals surface area contributed by atoms with Crippen LogP contribution in [-0.2, 0) is 16.0 Å². The number of methoxy groups -OCH3 is 2. The molecule has 1 fully saturated rings. The Kier molecular flexibility index (Phi) is 11.3. The average molecular weight is 584 g/mol. The molecule has 2 aromatic rings. The number of aryl methyl sites for hydroxylation is 1. The molecule has 0 aromatic heterocycles. The summed E-state index contributed by atoms with van der Waals surface area (Å²) in [7, 11) is 3.19. The lowest BCUT2D eigenvalue weighted by Crippen LogP contribution is -2.45. The van der Waals surface area contributed by atoms with Crippen molar-refractivity contribution in [1.82, 2.24) is 9.80 Å². The van der Waals surface area contributed by atoms with Gasteiger partial charge in [0.25, 0.3) is 0 Å². The normalized spacial score (nSPS) is 19.6.